The molecule has 0 amide bonds. The van der Waals surface area contributed by atoms with E-state index in [0.29, 0.717) is 29.3 Å². The maximum atomic E-state index is 15.1. The van der Waals surface area contributed by atoms with E-state index in [1.807, 2.05) is 91.1 Å². The van der Waals surface area contributed by atoms with Gasteiger partial charge in [0.2, 0.25) is 0 Å². The first-order valence-electron chi connectivity index (χ1n) is 24.2. The minimum Gasteiger partial charge on any atom is -0.457 e. The Morgan fingerprint density at radius 1 is 0.486 bits per heavy atom. The molecule has 2 aromatic heterocycles. The van der Waals surface area contributed by atoms with E-state index in [-0.39, 0.29) is 5.41 Å². The van der Waals surface area contributed by atoms with Gasteiger partial charge in [-0.25, -0.2) is 13.8 Å². The van der Waals surface area contributed by atoms with Crippen molar-refractivity contribution in [2.45, 2.75) is 26.2 Å². The van der Waals surface area contributed by atoms with Crippen LogP contribution in [-0.4, -0.2) is 16.2 Å². The minimum atomic E-state index is -0.637. The monoisotopic (exact) mass is 941 g/mol. The fourth-order valence-electron chi connectivity index (χ4n) is 10.2. The highest BCUT2D eigenvalue weighted by Crippen LogP contribution is 2.52. The summed E-state index contributed by atoms with van der Waals surface area (Å²) < 4.78 is 39.6. The van der Waals surface area contributed by atoms with Crippen molar-refractivity contribution in [2.75, 3.05) is 21.4 Å². The fourth-order valence-corrected chi connectivity index (χ4v) is 10.2. The Morgan fingerprint density at radius 2 is 1.10 bits per heavy atom. The third-order valence-corrected chi connectivity index (χ3v) is 13.5. The molecular weight excluding hydrogens is 893 g/mol. The van der Waals surface area contributed by atoms with Gasteiger partial charge in [0.25, 0.3) is 0 Å². The molecule has 12 rings (SSSR count). The molecule has 0 saturated heterocycles. The van der Waals surface area contributed by atoms with Gasteiger partial charge in [0.1, 0.15) is 35.6 Å². The quantitative estimate of drug-likeness (QED) is 0.137. The standard InChI is InChI=1S/C64H49F2N5O/c1-64(2,3)45-32-33-67-62(36-45)71-58-27-14-13-24-56(58)57-31-30-52(41-61(57)71)72-53-39-50(38-51(40-53)70(48-20-9-5-10-21-48)49-22-11-6-12-23-49)68-42-69(60-29-16-15-28-59(60)68)63-54(43-18-7-4-8-19-43)25-17-26-55(63)44-34-46(65)37-47(66)35-44/h4-41H,42H2,1-3H3. The van der Waals surface area contributed by atoms with Crippen LogP contribution < -0.4 is 19.4 Å². The molecule has 6 nitrogen and oxygen atoms in total. The highest BCUT2D eigenvalue weighted by molar-refractivity contribution is 6.09. The minimum absolute atomic E-state index is 0.0675. The zero-order valence-electron chi connectivity index (χ0n) is 40.0. The Labute approximate surface area is 417 Å². The lowest BCUT2D eigenvalue weighted by Crippen LogP contribution is -2.25. The van der Waals surface area contributed by atoms with E-state index in [9.17, 15) is 0 Å². The molecular formula is C64H49F2N5O. The van der Waals surface area contributed by atoms with E-state index in [4.69, 9.17) is 9.72 Å². The lowest BCUT2D eigenvalue weighted by atomic mass is 9.88. The Bertz CT molecular complexity index is 3740. The molecule has 0 unspecified atom stereocenters. The van der Waals surface area contributed by atoms with Gasteiger partial charge in [0, 0.05) is 69.4 Å². The van der Waals surface area contributed by atoms with Gasteiger partial charge in [-0.3, -0.25) is 4.57 Å². The number of aromatic nitrogens is 2. The molecule has 72 heavy (non-hydrogen) atoms. The number of fused-ring (bicyclic) bond motifs is 4. The predicted molar refractivity (Wildman–Crippen MR) is 291 cm³/mol. The van der Waals surface area contributed by atoms with Gasteiger partial charge >= 0.3 is 0 Å². The summed E-state index contributed by atoms with van der Waals surface area (Å²) in [7, 11) is 0. The molecule has 0 saturated carbocycles. The van der Waals surface area contributed by atoms with Crippen LogP contribution in [0.3, 0.4) is 0 Å². The third kappa shape index (κ3) is 8.16. The molecule has 3 heterocycles. The van der Waals surface area contributed by atoms with Crippen LogP contribution >= 0.6 is 0 Å². The topological polar surface area (TPSA) is 36.8 Å². The van der Waals surface area contributed by atoms with E-state index in [2.05, 4.69) is 161 Å². The first kappa shape index (κ1) is 44.2. The van der Waals surface area contributed by atoms with E-state index in [0.717, 1.165) is 84.6 Å². The number of para-hydroxylation sites is 6. The zero-order chi connectivity index (χ0) is 48.9. The summed E-state index contributed by atoms with van der Waals surface area (Å²) in [5.41, 5.74) is 12.7. The first-order valence-corrected chi connectivity index (χ1v) is 24.2. The van der Waals surface area contributed by atoms with Gasteiger partial charge in [-0.05, 0) is 107 Å². The largest absolute Gasteiger partial charge is 0.457 e. The van der Waals surface area contributed by atoms with Crippen LogP contribution in [0.1, 0.15) is 26.3 Å². The van der Waals surface area contributed by atoms with E-state index < -0.39 is 11.6 Å². The molecule has 0 bridgehead atoms. The number of halogens is 2. The second-order valence-electron chi connectivity index (χ2n) is 19.2. The van der Waals surface area contributed by atoms with Crippen LogP contribution in [0.5, 0.6) is 11.5 Å². The Balaban J connectivity index is 1.03. The van der Waals surface area contributed by atoms with Crippen molar-refractivity contribution >= 4 is 61.6 Å². The summed E-state index contributed by atoms with van der Waals surface area (Å²) >= 11 is 0. The summed E-state index contributed by atoms with van der Waals surface area (Å²) in [5.74, 6) is 0.864. The van der Waals surface area contributed by atoms with Crippen LogP contribution in [0.25, 0.3) is 49.9 Å². The fraction of sp³-hybridized carbons (Fsp3) is 0.0781. The van der Waals surface area contributed by atoms with Crippen molar-refractivity contribution in [1.29, 1.82) is 0 Å². The van der Waals surface area contributed by atoms with Gasteiger partial charge in [-0.1, -0.05) is 136 Å². The molecule has 0 fully saturated rings. The lowest BCUT2D eigenvalue weighted by molar-refractivity contribution is 0.483. The highest BCUT2D eigenvalue weighted by atomic mass is 19.1. The van der Waals surface area contributed by atoms with Crippen LogP contribution in [0, 0.1) is 11.6 Å². The van der Waals surface area contributed by atoms with Crippen LogP contribution in [0.4, 0.5) is 48.6 Å². The zero-order valence-corrected chi connectivity index (χ0v) is 40.0. The van der Waals surface area contributed by atoms with E-state index in [1.54, 1.807) is 0 Å². The number of hydrogen-bond donors (Lipinski definition) is 0. The molecule has 11 aromatic rings. The highest BCUT2D eigenvalue weighted by Gasteiger charge is 2.32. The SMILES string of the molecule is CC(C)(C)c1ccnc(-n2c3ccccc3c3ccc(Oc4cc(N5CN(c6c(-c7ccccc7)cccc6-c6cc(F)cc(F)c6)c6ccccc65)cc(N(c5ccccc5)c5ccccc5)c4)cc32)c1. The predicted octanol–water partition coefficient (Wildman–Crippen LogP) is 17.6. The van der Waals surface area contributed by atoms with Gasteiger partial charge < -0.3 is 19.4 Å². The van der Waals surface area contributed by atoms with Crippen molar-refractivity contribution in [2.24, 2.45) is 0 Å². The first-order chi connectivity index (χ1) is 35.1. The van der Waals surface area contributed by atoms with Crippen molar-refractivity contribution in [3.05, 3.63) is 248 Å². The average molecular weight is 942 g/mol. The van der Waals surface area contributed by atoms with E-state index >= 15 is 8.78 Å². The molecule has 0 N–H and O–H groups in total. The summed E-state index contributed by atoms with van der Waals surface area (Å²) in [5, 5.41) is 2.23. The van der Waals surface area contributed by atoms with Gasteiger partial charge in [0.05, 0.1) is 33.8 Å². The average Bonchev–Trinajstić information content (AvgIpc) is 3.95. The summed E-state index contributed by atoms with van der Waals surface area (Å²) in [4.78, 5) is 11.7. The number of rotatable bonds is 10. The molecule has 0 atom stereocenters. The molecule has 1 aliphatic rings. The third-order valence-electron chi connectivity index (χ3n) is 13.5. The number of pyridine rings is 1. The molecule has 0 radical (unpaired) electrons. The summed E-state index contributed by atoms with van der Waals surface area (Å²) in [6, 6.07) is 74.3. The van der Waals surface area contributed by atoms with Crippen molar-refractivity contribution < 1.29 is 13.5 Å². The molecule has 8 heteroatoms. The van der Waals surface area contributed by atoms with Gasteiger partial charge in [-0.2, -0.15) is 0 Å². The Hall–Kier alpha value is -9.01. The molecule has 0 aliphatic carbocycles. The number of hydrogen-bond acceptors (Lipinski definition) is 5. The van der Waals surface area contributed by atoms with Crippen molar-refractivity contribution in [3.63, 3.8) is 0 Å². The smallest absolute Gasteiger partial charge is 0.137 e. The molecule has 0 spiro atoms. The maximum absolute atomic E-state index is 15.1. The summed E-state index contributed by atoms with van der Waals surface area (Å²) in [6.07, 6.45) is 1.90. The normalized spacial score (nSPS) is 12.4. The maximum Gasteiger partial charge on any atom is 0.137 e. The van der Waals surface area contributed by atoms with Gasteiger partial charge in [0.15, 0.2) is 0 Å². The number of nitrogens with zero attached hydrogens (tertiary/aromatic N) is 5. The number of anilines is 7. The molecule has 1 aliphatic heterocycles. The Kier molecular flexibility index (Phi) is 11.1. The van der Waals surface area contributed by atoms with Crippen LogP contribution in [0.15, 0.2) is 231 Å². The second-order valence-corrected chi connectivity index (χ2v) is 19.2. The van der Waals surface area contributed by atoms with Gasteiger partial charge in [-0.15, -0.1) is 0 Å². The Morgan fingerprint density at radius 3 is 1.79 bits per heavy atom. The molecule has 9 aromatic carbocycles. The van der Waals surface area contributed by atoms with Crippen LogP contribution in [0.2, 0.25) is 0 Å². The lowest BCUT2D eigenvalue weighted by Gasteiger charge is -2.29. The van der Waals surface area contributed by atoms with Crippen molar-refractivity contribution in [1.82, 2.24) is 9.55 Å². The number of ether oxygens (including phenoxy) is 1. The summed E-state index contributed by atoms with van der Waals surface area (Å²) in [6.45, 7) is 7.03. The van der Waals surface area contributed by atoms with Crippen molar-refractivity contribution in [3.8, 4) is 39.6 Å². The van der Waals surface area contributed by atoms with E-state index in [1.165, 1.54) is 17.7 Å². The second kappa shape index (κ2) is 18.1. The number of benzene rings is 9. The molecule has 350 valence electrons. The van der Waals surface area contributed by atoms with Crippen LogP contribution in [-0.2, 0) is 5.41 Å².